The lowest BCUT2D eigenvalue weighted by atomic mass is 10.2. The molecule has 0 aliphatic rings. The number of hydrogen-bond acceptors (Lipinski definition) is 1. The van der Waals surface area contributed by atoms with Crippen LogP contribution in [0.25, 0.3) is 6.08 Å². The number of hydrogen-bond donors (Lipinski definition) is 1. The molecular weight excluding hydrogens is 323 g/mol. The molecule has 0 aliphatic carbocycles. The predicted octanol–water partition coefficient (Wildman–Crippen LogP) is 4.01. The minimum Gasteiger partial charge on any atom is -0.396 e. The summed E-state index contributed by atoms with van der Waals surface area (Å²) in [5.41, 5.74) is 1.13. The Morgan fingerprint density at radius 1 is 0.720 bits per heavy atom. The lowest BCUT2D eigenvalue weighted by Gasteiger charge is -2.27. The maximum absolute atomic E-state index is 9.56. The van der Waals surface area contributed by atoms with Gasteiger partial charge < -0.3 is 5.11 Å². The molecule has 1 nitrogen and oxygen atoms in total. The Balaban J connectivity index is 2.25. The minimum atomic E-state index is -1.79. The molecule has 0 spiro atoms. The average Bonchev–Trinajstić information content (AvgIpc) is 2.71. The van der Waals surface area contributed by atoms with Gasteiger partial charge in [0.25, 0.3) is 0 Å². The van der Waals surface area contributed by atoms with Crippen molar-refractivity contribution in [3.05, 3.63) is 97.1 Å². The highest BCUT2D eigenvalue weighted by atomic mass is 31.2. The van der Waals surface area contributed by atoms with Crippen molar-refractivity contribution in [1.82, 2.24) is 0 Å². The Labute approximate surface area is 151 Å². The Hall–Kier alpha value is -2.21. The highest BCUT2D eigenvalue weighted by Gasteiger charge is 2.44. The first-order valence-corrected chi connectivity index (χ1v) is 10.6. The summed E-state index contributed by atoms with van der Waals surface area (Å²) in [4.78, 5) is 0. The Morgan fingerprint density at radius 2 is 1.20 bits per heavy atom. The van der Waals surface area contributed by atoms with Gasteiger partial charge in [-0.2, -0.15) is 0 Å². The number of rotatable bonds is 7. The highest BCUT2D eigenvalue weighted by molar-refractivity contribution is 7.95. The van der Waals surface area contributed by atoms with E-state index in [4.69, 9.17) is 0 Å². The van der Waals surface area contributed by atoms with E-state index in [0.717, 1.165) is 18.1 Å². The van der Waals surface area contributed by atoms with Gasteiger partial charge in [-0.3, -0.25) is 0 Å². The second-order valence-electron chi connectivity index (χ2n) is 6.08. The summed E-state index contributed by atoms with van der Waals surface area (Å²) in [6.07, 6.45) is 3.63. The van der Waals surface area contributed by atoms with E-state index in [1.807, 2.05) is 6.08 Å². The molecule has 2 heteroatoms. The quantitative estimate of drug-likeness (QED) is 0.641. The van der Waals surface area contributed by atoms with Gasteiger partial charge in [-0.05, 0) is 42.0 Å². The summed E-state index contributed by atoms with van der Waals surface area (Å²) in [5, 5.41) is 13.6. The molecule has 3 aromatic rings. The Kier molecular flexibility index (Phi) is 5.81. The molecule has 0 radical (unpaired) electrons. The van der Waals surface area contributed by atoms with Crippen LogP contribution in [0.1, 0.15) is 12.0 Å². The summed E-state index contributed by atoms with van der Waals surface area (Å²) in [5.74, 6) is 0. The summed E-state index contributed by atoms with van der Waals surface area (Å²) >= 11 is 0. The average molecular weight is 347 g/mol. The van der Waals surface area contributed by atoms with E-state index >= 15 is 0 Å². The fourth-order valence-electron chi connectivity index (χ4n) is 3.37. The van der Waals surface area contributed by atoms with Gasteiger partial charge >= 0.3 is 0 Å². The first kappa shape index (κ1) is 17.6. The first-order valence-electron chi connectivity index (χ1n) is 8.64. The molecule has 25 heavy (non-hydrogen) atoms. The van der Waals surface area contributed by atoms with Gasteiger partial charge in [-0.15, -0.1) is 0 Å². The molecule has 1 N–H and O–H groups in total. The second kappa shape index (κ2) is 8.25. The van der Waals surface area contributed by atoms with Gasteiger partial charge in [0.2, 0.25) is 0 Å². The van der Waals surface area contributed by atoms with Crippen LogP contribution in [0.3, 0.4) is 0 Å². The number of aliphatic hydroxyl groups excluding tert-OH is 1. The molecule has 0 unspecified atom stereocenters. The van der Waals surface area contributed by atoms with Crippen LogP contribution in [0.2, 0.25) is 0 Å². The largest absolute Gasteiger partial charge is 0.396 e. The lowest BCUT2D eigenvalue weighted by molar-refractivity contribution is 0.296. The van der Waals surface area contributed by atoms with E-state index in [-0.39, 0.29) is 6.61 Å². The zero-order valence-electron chi connectivity index (χ0n) is 14.4. The van der Waals surface area contributed by atoms with Crippen LogP contribution in [0.5, 0.6) is 0 Å². The molecule has 0 fully saturated rings. The molecule has 0 aliphatic heterocycles. The maximum atomic E-state index is 9.56. The van der Waals surface area contributed by atoms with Crippen molar-refractivity contribution < 1.29 is 5.11 Å². The monoisotopic (exact) mass is 347 g/mol. The van der Waals surface area contributed by atoms with Crippen molar-refractivity contribution >= 4 is 29.3 Å². The first-order chi connectivity index (χ1) is 12.3. The van der Waals surface area contributed by atoms with Crippen molar-refractivity contribution in [2.24, 2.45) is 0 Å². The van der Waals surface area contributed by atoms with Crippen LogP contribution in [0.4, 0.5) is 0 Å². The lowest BCUT2D eigenvalue weighted by Crippen LogP contribution is -2.33. The van der Waals surface area contributed by atoms with Gasteiger partial charge in [-0.25, -0.2) is 0 Å². The summed E-state index contributed by atoms with van der Waals surface area (Å²) in [6, 6.07) is 30.3. The van der Waals surface area contributed by atoms with Crippen molar-refractivity contribution in [2.45, 2.75) is 6.42 Å². The predicted molar refractivity (Wildman–Crippen MR) is 112 cm³/mol. The van der Waals surface area contributed by atoms with Gasteiger partial charge in [0.1, 0.15) is 23.2 Å². The topological polar surface area (TPSA) is 20.2 Å². The minimum absolute atomic E-state index is 0.214. The molecule has 0 aromatic heterocycles. The molecule has 3 rings (SSSR count). The summed E-state index contributed by atoms with van der Waals surface area (Å²) < 4.78 is 0. The van der Waals surface area contributed by atoms with Gasteiger partial charge in [0, 0.05) is 13.0 Å². The van der Waals surface area contributed by atoms with Crippen LogP contribution in [-0.2, 0) is 0 Å². The van der Waals surface area contributed by atoms with Crippen LogP contribution in [0.15, 0.2) is 91.5 Å². The highest BCUT2D eigenvalue weighted by Crippen LogP contribution is 2.55. The third-order valence-electron chi connectivity index (χ3n) is 4.62. The van der Waals surface area contributed by atoms with Crippen LogP contribution < -0.4 is 15.9 Å². The molecule has 0 heterocycles. The zero-order valence-corrected chi connectivity index (χ0v) is 15.3. The van der Waals surface area contributed by atoms with E-state index in [1.165, 1.54) is 15.9 Å². The molecule has 0 amide bonds. The molecule has 126 valence electrons. The third-order valence-corrected chi connectivity index (χ3v) is 9.14. The molecule has 3 aromatic carbocycles. The number of aliphatic hydroxyl groups is 1. The standard InChI is InChI=1S/C23H24OP/c1-2-20-14-16-23(17-15-20)25(19-9-18-24,21-10-5-3-6-11-21)22-12-7-4-8-13-22/h2-8,10-17,24H,1,9,18-19H2/q+1. The fraction of sp³-hybridized carbons (Fsp3) is 0.130. The summed E-state index contributed by atoms with van der Waals surface area (Å²) in [7, 11) is -1.79. The maximum Gasteiger partial charge on any atom is 0.112 e. The van der Waals surface area contributed by atoms with E-state index in [9.17, 15) is 5.11 Å². The van der Waals surface area contributed by atoms with Gasteiger partial charge in [0.05, 0.1) is 6.16 Å². The smallest absolute Gasteiger partial charge is 0.112 e. The Bertz CT molecular complexity index is 755. The van der Waals surface area contributed by atoms with E-state index in [2.05, 4.69) is 91.5 Å². The van der Waals surface area contributed by atoms with E-state index in [0.29, 0.717) is 0 Å². The SMILES string of the molecule is C=Cc1ccc([P+](CCCO)(c2ccccc2)c2ccccc2)cc1. The second-order valence-corrected chi connectivity index (χ2v) is 9.69. The molecule has 0 atom stereocenters. The molecule has 0 bridgehead atoms. The van der Waals surface area contributed by atoms with E-state index in [1.54, 1.807) is 0 Å². The van der Waals surface area contributed by atoms with Crippen molar-refractivity contribution in [3.63, 3.8) is 0 Å². The zero-order chi connectivity index (χ0) is 17.5. The van der Waals surface area contributed by atoms with Crippen LogP contribution in [0, 0.1) is 0 Å². The van der Waals surface area contributed by atoms with Gasteiger partial charge in [-0.1, -0.05) is 61.2 Å². The van der Waals surface area contributed by atoms with Crippen LogP contribution in [-0.4, -0.2) is 17.9 Å². The normalized spacial score (nSPS) is 11.2. The van der Waals surface area contributed by atoms with Crippen LogP contribution >= 0.6 is 7.26 Å². The summed E-state index contributed by atoms with van der Waals surface area (Å²) in [6.45, 7) is 4.08. The van der Waals surface area contributed by atoms with Crippen molar-refractivity contribution in [3.8, 4) is 0 Å². The van der Waals surface area contributed by atoms with E-state index < -0.39 is 7.26 Å². The molecule has 0 saturated carbocycles. The van der Waals surface area contributed by atoms with Crippen molar-refractivity contribution in [2.75, 3.05) is 12.8 Å². The number of benzene rings is 3. The third kappa shape index (κ3) is 3.58. The molecular formula is C23H24OP+. The van der Waals surface area contributed by atoms with Crippen molar-refractivity contribution in [1.29, 1.82) is 0 Å². The molecule has 0 saturated heterocycles. The Morgan fingerprint density at radius 3 is 1.64 bits per heavy atom. The fourth-order valence-corrected chi connectivity index (χ4v) is 7.68. The van der Waals surface area contributed by atoms with Gasteiger partial charge in [0.15, 0.2) is 0 Å².